The van der Waals surface area contributed by atoms with Gasteiger partial charge in [-0.3, -0.25) is 0 Å². The van der Waals surface area contributed by atoms with Crippen LogP contribution in [0.3, 0.4) is 0 Å². The Balaban J connectivity index is 2.58. The first kappa shape index (κ1) is 9.88. The van der Waals surface area contributed by atoms with Crippen molar-refractivity contribution in [3.8, 4) is 0 Å². The molecule has 5 nitrogen and oxygen atoms in total. The van der Waals surface area contributed by atoms with Gasteiger partial charge in [-0.2, -0.15) is 0 Å². The maximum atomic E-state index is 9.28. The van der Waals surface area contributed by atoms with Crippen LogP contribution in [0.2, 0.25) is 0 Å². The van der Waals surface area contributed by atoms with Gasteiger partial charge in [0.2, 0.25) is 0 Å². The number of ether oxygens (including phenoxy) is 1. The highest BCUT2D eigenvalue weighted by atomic mass is 16.6. The van der Waals surface area contributed by atoms with Crippen LogP contribution >= 0.6 is 0 Å². The fourth-order valence-corrected chi connectivity index (χ4v) is 1.30. The van der Waals surface area contributed by atoms with Crippen molar-refractivity contribution in [2.24, 2.45) is 0 Å². The molecule has 4 N–H and O–H groups in total. The van der Waals surface area contributed by atoms with E-state index in [1.807, 2.05) is 0 Å². The van der Waals surface area contributed by atoms with Crippen LogP contribution in [0.4, 0.5) is 0 Å². The van der Waals surface area contributed by atoms with Crippen LogP contribution in [0, 0.1) is 0 Å². The molecular weight excluding hydrogens is 164 g/mol. The summed E-state index contributed by atoms with van der Waals surface area (Å²) < 4.78 is 5.03. The Labute approximate surface area is 70.2 Å². The van der Waals surface area contributed by atoms with Gasteiger partial charge in [0, 0.05) is 0 Å². The summed E-state index contributed by atoms with van der Waals surface area (Å²) in [5.41, 5.74) is 0. The molecule has 12 heavy (non-hydrogen) atoms. The van der Waals surface area contributed by atoms with Gasteiger partial charge >= 0.3 is 0 Å². The Bertz CT molecular complexity index is 151. The molecule has 1 saturated heterocycles. The summed E-state index contributed by atoms with van der Waals surface area (Å²) in [5, 5.41) is 36.2. The summed E-state index contributed by atoms with van der Waals surface area (Å²) in [6.45, 7) is 1.11. The van der Waals surface area contributed by atoms with E-state index in [0.29, 0.717) is 0 Å². The van der Waals surface area contributed by atoms with E-state index < -0.39 is 37.1 Å². The zero-order chi connectivity index (χ0) is 9.30. The molecule has 1 fully saturated rings. The Morgan fingerprint density at radius 3 is 2.25 bits per heavy atom. The molecule has 72 valence electrons. The predicted octanol–water partition coefficient (Wildman–Crippen LogP) is -2.15. The normalized spacial score (nSPS) is 44.8. The molecule has 0 radical (unpaired) electrons. The Hall–Kier alpha value is -0.200. The molecule has 1 aliphatic rings. The molecule has 0 aromatic rings. The van der Waals surface area contributed by atoms with Crippen molar-refractivity contribution in [3.63, 3.8) is 0 Å². The largest absolute Gasteiger partial charge is 0.394 e. The van der Waals surface area contributed by atoms with E-state index in [0.717, 1.165) is 0 Å². The maximum absolute atomic E-state index is 9.28. The van der Waals surface area contributed by atoms with Gasteiger partial charge in [0.1, 0.15) is 24.4 Å². The van der Waals surface area contributed by atoms with Gasteiger partial charge < -0.3 is 25.2 Å². The van der Waals surface area contributed by atoms with Crippen LogP contribution in [0.15, 0.2) is 0 Å². The molecule has 0 aliphatic carbocycles. The number of aliphatic hydroxyl groups excluding tert-OH is 4. The van der Waals surface area contributed by atoms with E-state index >= 15 is 0 Å². The molecule has 1 heterocycles. The lowest BCUT2D eigenvalue weighted by molar-refractivity contribution is -0.0786. The topological polar surface area (TPSA) is 90.2 Å². The van der Waals surface area contributed by atoms with Gasteiger partial charge in [0.25, 0.3) is 0 Å². The van der Waals surface area contributed by atoms with Gasteiger partial charge in [0.05, 0.1) is 12.7 Å². The van der Waals surface area contributed by atoms with Crippen molar-refractivity contribution >= 4 is 0 Å². The van der Waals surface area contributed by atoms with Crippen LogP contribution < -0.4 is 0 Å². The lowest BCUT2D eigenvalue weighted by atomic mass is 10.1. The molecule has 0 aromatic carbocycles. The molecule has 1 rings (SSSR count). The highest BCUT2D eigenvalue weighted by Crippen LogP contribution is 2.22. The zero-order valence-corrected chi connectivity index (χ0v) is 6.79. The van der Waals surface area contributed by atoms with Crippen molar-refractivity contribution in [2.75, 3.05) is 6.61 Å². The summed E-state index contributed by atoms with van der Waals surface area (Å²) in [7, 11) is 0. The molecule has 5 atom stereocenters. The molecule has 0 bridgehead atoms. The van der Waals surface area contributed by atoms with Crippen LogP contribution in [0.1, 0.15) is 6.92 Å². The SMILES string of the molecule is C[C@@H]1O[C@H]([C@@H](O)CO)[C@H](O)C1O. The second-order valence-electron chi connectivity index (χ2n) is 3.04. The summed E-state index contributed by atoms with van der Waals surface area (Å²) in [6.07, 6.45) is -4.65. The van der Waals surface area contributed by atoms with E-state index in [1.165, 1.54) is 0 Å². The third-order valence-corrected chi connectivity index (χ3v) is 2.11. The fourth-order valence-electron chi connectivity index (χ4n) is 1.30. The first-order valence-electron chi connectivity index (χ1n) is 3.88. The highest BCUT2D eigenvalue weighted by molar-refractivity contribution is 4.91. The zero-order valence-electron chi connectivity index (χ0n) is 6.79. The van der Waals surface area contributed by atoms with Gasteiger partial charge in [-0.25, -0.2) is 0 Å². The molecule has 1 unspecified atom stereocenters. The van der Waals surface area contributed by atoms with E-state index in [9.17, 15) is 10.2 Å². The minimum Gasteiger partial charge on any atom is -0.394 e. The van der Waals surface area contributed by atoms with Gasteiger partial charge in [0.15, 0.2) is 0 Å². The third-order valence-electron chi connectivity index (χ3n) is 2.11. The number of hydrogen-bond acceptors (Lipinski definition) is 5. The minimum atomic E-state index is -1.14. The second kappa shape index (κ2) is 3.68. The predicted molar refractivity (Wildman–Crippen MR) is 39.4 cm³/mol. The average molecular weight is 178 g/mol. The second-order valence-corrected chi connectivity index (χ2v) is 3.04. The van der Waals surface area contributed by atoms with Crippen molar-refractivity contribution in [3.05, 3.63) is 0 Å². The maximum Gasteiger partial charge on any atom is 0.115 e. The third kappa shape index (κ3) is 1.60. The standard InChI is InChI=1S/C7H14O5/c1-3-5(10)6(11)7(12-3)4(9)2-8/h3-11H,2H2,1H3/t3-,4-,5?,6+,7+/m0/s1. The van der Waals surface area contributed by atoms with E-state index in [-0.39, 0.29) is 0 Å². The molecule has 0 spiro atoms. The minimum absolute atomic E-state index is 0.485. The number of aliphatic hydroxyl groups is 4. The molecule has 0 saturated carbocycles. The van der Waals surface area contributed by atoms with Crippen LogP contribution in [0.5, 0.6) is 0 Å². The van der Waals surface area contributed by atoms with Crippen molar-refractivity contribution in [2.45, 2.75) is 37.4 Å². The summed E-state index contributed by atoms with van der Waals surface area (Å²) in [5.74, 6) is 0. The number of rotatable bonds is 2. The fraction of sp³-hybridized carbons (Fsp3) is 1.00. The van der Waals surface area contributed by atoms with Gasteiger partial charge in [-0.05, 0) is 6.92 Å². The Morgan fingerprint density at radius 2 is 1.92 bits per heavy atom. The van der Waals surface area contributed by atoms with Gasteiger partial charge in [-0.1, -0.05) is 0 Å². The molecule has 5 heteroatoms. The average Bonchev–Trinajstić information content (AvgIpc) is 2.32. The highest BCUT2D eigenvalue weighted by Gasteiger charge is 2.43. The lowest BCUT2D eigenvalue weighted by Crippen LogP contribution is -2.40. The molecule has 0 aromatic heterocycles. The first-order valence-corrected chi connectivity index (χ1v) is 3.88. The molecular formula is C7H14O5. The monoisotopic (exact) mass is 178 g/mol. The van der Waals surface area contributed by atoms with Crippen molar-refractivity contribution in [1.82, 2.24) is 0 Å². The van der Waals surface area contributed by atoms with Crippen molar-refractivity contribution < 1.29 is 25.2 Å². The van der Waals surface area contributed by atoms with Crippen LogP contribution in [-0.4, -0.2) is 57.6 Å². The Morgan fingerprint density at radius 1 is 1.33 bits per heavy atom. The first-order chi connectivity index (χ1) is 5.57. The quantitative estimate of drug-likeness (QED) is 0.387. The molecule has 0 amide bonds. The molecule has 1 aliphatic heterocycles. The smallest absolute Gasteiger partial charge is 0.115 e. The summed E-state index contributed by atoms with van der Waals surface area (Å²) in [6, 6.07) is 0. The lowest BCUT2D eigenvalue weighted by Gasteiger charge is -2.18. The van der Waals surface area contributed by atoms with E-state index in [1.54, 1.807) is 6.92 Å². The summed E-state index contributed by atoms with van der Waals surface area (Å²) >= 11 is 0. The summed E-state index contributed by atoms with van der Waals surface area (Å²) in [4.78, 5) is 0. The van der Waals surface area contributed by atoms with E-state index in [4.69, 9.17) is 14.9 Å². The van der Waals surface area contributed by atoms with Gasteiger partial charge in [-0.15, -0.1) is 0 Å². The van der Waals surface area contributed by atoms with E-state index in [2.05, 4.69) is 0 Å². The van der Waals surface area contributed by atoms with Crippen molar-refractivity contribution in [1.29, 1.82) is 0 Å². The van der Waals surface area contributed by atoms with Crippen LogP contribution in [-0.2, 0) is 4.74 Å². The Kier molecular flexibility index (Phi) is 3.03. The van der Waals surface area contributed by atoms with Crippen LogP contribution in [0.25, 0.3) is 0 Å². The number of hydrogen-bond donors (Lipinski definition) is 4.